The largest absolute Gasteiger partial charge is 0.376 e. The van der Waals surface area contributed by atoms with E-state index < -0.39 is 0 Å². The lowest BCUT2D eigenvalue weighted by molar-refractivity contribution is -0.00584. The van der Waals surface area contributed by atoms with Gasteiger partial charge in [-0.1, -0.05) is 5.16 Å². The van der Waals surface area contributed by atoms with Crippen molar-refractivity contribution >= 4 is 11.9 Å². The normalized spacial score (nSPS) is 29.3. The average molecular weight is 399 g/mol. The number of fused-ring (bicyclic) bond motifs is 2. The highest BCUT2D eigenvalue weighted by Crippen LogP contribution is 2.40. The molecule has 5 heterocycles. The summed E-state index contributed by atoms with van der Waals surface area (Å²) in [5.41, 5.74) is 2.19. The van der Waals surface area contributed by atoms with Crippen molar-refractivity contribution in [2.24, 2.45) is 0 Å². The molecule has 0 aliphatic carbocycles. The Hall–Kier alpha value is -2.52. The van der Waals surface area contributed by atoms with Gasteiger partial charge in [-0.25, -0.2) is 9.97 Å². The number of nitrogens with zero attached hydrogens (tertiary/aromatic N) is 5. The van der Waals surface area contributed by atoms with Crippen molar-refractivity contribution in [3.8, 4) is 0 Å². The van der Waals surface area contributed by atoms with Gasteiger partial charge in [0.25, 0.3) is 5.91 Å². The van der Waals surface area contributed by atoms with E-state index in [0.717, 1.165) is 36.7 Å². The maximum Gasteiger partial charge on any atom is 0.258 e. The van der Waals surface area contributed by atoms with E-state index in [4.69, 9.17) is 19.0 Å². The van der Waals surface area contributed by atoms with Crippen LogP contribution >= 0.6 is 0 Å². The first-order valence-electron chi connectivity index (χ1n) is 10.1. The Bertz CT molecular complexity index is 894. The number of hydrogen-bond donors (Lipinski definition) is 0. The molecule has 3 aliphatic rings. The van der Waals surface area contributed by atoms with E-state index >= 15 is 0 Å². The number of aromatic nitrogens is 3. The lowest BCUT2D eigenvalue weighted by Gasteiger charge is -2.38. The van der Waals surface area contributed by atoms with Crippen LogP contribution in [0.3, 0.4) is 0 Å². The van der Waals surface area contributed by atoms with Crippen molar-refractivity contribution in [3.05, 3.63) is 35.5 Å². The predicted molar refractivity (Wildman–Crippen MR) is 103 cm³/mol. The molecular weight excluding hydrogens is 374 g/mol. The van der Waals surface area contributed by atoms with Crippen LogP contribution in [-0.4, -0.2) is 70.9 Å². The molecule has 1 amide bonds. The molecule has 9 nitrogen and oxygen atoms in total. The summed E-state index contributed by atoms with van der Waals surface area (Å²) in [6.07, 6.45) is 5.81. The summed E-state index contributed by atoms with van der Waals surface area (Å²) >= 11 is 0. The van der Waals surface area contributed by atoms with Gasteiger partial charge >= 0.3 is 0 Å². The molecule has 1 spiro atoms. The molecule has 5 rings (SSSR count). The molecule has 29 heavy (non-hydrogen) atoms. The lowest BCUT2D eigenvalue weighted by Crippen LogP contribution is -2.47. The predicted octanol–water partition coefficient (Wildman–Crippen LogP) is 1.39. The second-order valence-electron chi connectivity index (χ2n) is 8.37. The van der Waals surface area contributed by atoms with Crippen molar-refractivity contribution < 1.29 is 18.8 Å². The number of rotatable bonds is 2. The molecule has 0 N–H and O–H groups in total. The second kappa shape index (κ2) is 7.07. The summed E-state index contributed by atoms with van der Waals surface area (Å²) in [5.74, 6) is 0.663. The molecule has 0 saturated carbocycles. The molecule has 2 saturated heterocycles. The zero-order chi connectivity index (χ0) is 20.0. The topological polar surface area (TPSA) is 93.8 Å². The van der Waals surface area contributed by atoms with Crippen molar-refractivity contribution in [1.29, 1.82) is 0 Å². The minimum Gasteiger partial charge on any atom is -0.376 e. The molecular formula is C20H25N5O4. The van der Waals surface area contributed by atoms with E-state index in [1.54, 1.807) is 0 Å². The molecule has 3 aliphatic heterocycles. The van der Waals surface area contributed by atoms with Gasteiger partial charge in [0, 0.05) is 37.9 Å². The average Bonchev–Trinajstić information content (AvgIpc) is 3.38. The van der Waals surface area contributed by atoms with Crippen LogP contribution in [0.1, 0.15) is 41.9 Å². The summed E-state index contributed by atoms with van der Waals surface area (Å²) in [4.78, 5) is 26.4. The van der Waals surface area contributed by atoms with Crippen LogP contribution in [0.25, 0.3) is 0 Å². The van der Waals surface area contributed by atoms with Gasteiger partial charge in [0.1, 0.15) is 6.26 Å². The number of ether oxygens (including phenoxy) is 2. The minimum absolute atomic E-state index is 0.0691. The third-order valence-electron chi connectivity index (χ3n) is 6.01. The lowest BCUT2D eigenvalue weighted by atomic mass is 9.80. The van der Waals surface area contributed by atoms with Crippen LogP contribution in [0.5, 0.6) is 0 Å². The molecule has 2 aromatic rings. The smallest absolute Gasteiger partial charge is 0.258 e. The van der Waals surface area contributed by atoms with Gasteiger partial charge < -0.3 is 23.8 Å². The van der Waals surface area contributed by atoms with Gasteiger partial charge in [-0.05, 0) is 20.3 Å². The Morgan fingerprint density at radius 1 is 1.24 bits per heavy atom. The van der Waals surface area contributed by atoms with E-state index in [0.29, 0.717) is 31.9 Å². The molecule has 154 valence electrons. The number of likely N-dealkylation sites (tertiary alicyclic amines) is 1. The third-order valence-corrected chi connectivity index (χ3v) is 6.01. The highest BCUT2D eigenvalue weighted by molar-refractivity contribution is 5.93. The van der Waals surface area contributed by atoms with Crippen LogP contribution in [0, 0.1) is 0 Å². The highest BCUT2D eigenvalue weighted by Gasteiger charge is 2.46. The maximum atomic E-state index is 12.8. The number of morpholine rings is 1. The summed E-state index contributed by atoms with van der Waals surface area (Å²) in [6.45, 7) is 7.96. The van der Waals surface area contributed by atoms with Gasteiger partial charge in [-0.15, -0.1) is 0 Å². The van der Waals surface area contributed by atoms with Crippen LogP contribution in [0.15, 0.2) is 23.2 Å². The zero-order valence-electron chi connectivity index (χ0n) is 16.7. The highest BCUT2D eigenvalue weighted by atomic mass is 16.5. The van der Waals surface area contributed by atoms with Gasteiger partial charge in [0.2, 0.25) is 5.95 Å². The molecule has 0 bridgehead atoms. The number of hydrogen-bond acceptors (Lipinski definition) is 8. The van der Waals surface area contributed by atoms with E-state index in [1.807, 2.05) is 11.1 Å². The fourth-order valence-corrected chi connectivity index (χ4v) is 4.73. The van der Waals surface area contributed by atoms with Crippen LogP contribution in [-0.2, 0) is 21.5 Å². The first-order valence-corrected chi connectivity index (χ1v) is 10.1. The van der Waals surface area contributed by atoms with Gasteiger partial charge in [0.05, 0.1) is 48.3 Å². The summed E-state index contributed by atoms with van der Waals surface area (Å²) in [7, 11) is 0. The van der Waals surface area contributed by atoms with E-state index in [2.05, 4.69) is 28.9 Å². The number of amides is 1. The Morgan fingerprint density at radius 3 is 2.83 bits per heavy atom. The van der Waals surface area contributed by atoms with Crippen molar-refractivity contribution in [1.82, 2.24) is 20.0 Å². The SMILES string of the molecule is C[C@@H]1CN(c2ncc3c(n2)[C@]2(CCN(C(=O)c4cnoc4)C2)COC3)C[C@H](C)O1. The van der Waals surface area contributed by atoms with E-state index in [9.17, 15) is 4.79 Å². The van der Waals surface area contributed by atoms with Crippen LogP contribution in [0.2, 0.25) is 0 Å². The Labute approximate surface area is 169 Å². The quantitative estimate of drug-likeness (QED) is 0.748. The van der Waals surface area contributed by atoms with Crippen LogP contribution < -0.4 is 4.90 Å². The Morgan fingerprint density at radius 2 is 2.07 bits per heavy atom. The van der Waals surface area contributed by atoms with E-state index in [1.165, 1.54) is 12.5 Å². The fraction of sp³-hybridized carbons (Fsp3) is 0.600. The fourth-order valence-electron chi connectivity index (χ4n) is 4.73. The molecule has 2 fully saturated rings. The van der Waals surface area contributed by atoms with Crippen molar-refractivity contribution in [3.63, 3.8) is 0 Å². The first kappa shape index (κ1) is 18.5. The van der Waals surface area contributed by atoms with E-state index in [-0.39, 0.29) is 23.5 Å². The number of carbonyl (C=O) groups excluding carboxylic acids is 1. The summed E-state index contributed by atoms with van der Waals surface area (Å²) in [6, 6.07) is 0. The van der Waals surface area contributed by atoms with Gasteiger partial charge in [0.15, 0.2) is 0 Å². The molecule has 3 atom stereocenters. The van der Waals surface area contributed by atoms with Crippen molar-refractivity contribution in [2.75, 3.05) is 37.7 Å². The minimum atomic E-state index is -0.304. The number of anilines is 1. The van der Waals surface area contributed by atoms with Crippen LogP contribution in [0.4, 0.5) is 5.95 Å². The Kier molecular flexibility index (Phi) is 4.51. The summed E-state index contributed by atoms with van der Waals surface area (Å²) < 4.78 is 16.6. The van der Waals surface area contributed by atoms with Crippen molar-refractivity contribution in [2.45, 2.75) is 44.5 Å². The molecule has 2 aromatic heterocycles. The standard InChI is InChI=1S/C20H25N5O4/c1-13-7-25(8-14(2)29-13)19-21-5-15-9-27-12-20(17(15)23-19)3-4-24(11-20)18(26)16-6-22-28-10-16/h5-6,10,13-14H,3-4,7-9,11-12H2,1-2H3/t13-,14+,20-/m0/s1. The molecule has 9 heteroatoms. The molecule has 0 aromatic carbocycles. The maximum absolute atomic E-state index is 12.8. The van der Waals surface area contributed by atoms with Gasteiger partial charge in [-0.3, -0.25) is 4.79 Å². The van der Waals surface area contributed by atoms with Gasteiger partial charge in [-0.2, -0.15) is 0 Å². The molecule has 0 unspecified atom stereocenters. The number of carbonyl (C=O) groups is 1. The monoisotopic (exact) mass is 399 g/mol. The Balaban J connectivity index is 1.43. The zero-order valence-corrected chi connectivity index (χ0v) is 16.7. The third kappa shape index (κ3) is 3.28. The summed E-state index contributed by atoms with van der Waals surface area (Å²) in [5, 5.41) is 3.65. The second-order valence-corrected chi connectivity index (χ2v) is 8.37. The first-order chi connectivity index (χ1) is 14.0. The molecule has 0 radical (unpaired) electrons.